The molecule has 0 aliphatic carbocycles. The summed E-state index contributed by atoms with van der Waals surface area (Å²) in [6, 6.07) is 15.8. The lowest BCUT2D eigenvalue weighted by atomic mass is 10.1. The molecule has 0 heterocycles. The van der Waals surface area contributed by atoms with Gasteiger partial charge in [-0.3, -0.25) is 4.79 Å². The average molecular weight is 296 g/mol. The predicted octanol–water partition coefficient (Wildman–Crippen LogP) is 2.99. The Labute approximate surface area is 129 Å². The second-order valence-electron chi connectivity index (χ2n) is 5.00. The van der Waals surface area contributed by atoms with Gasteiger partial charge in [-0.05, 0) is 42.2 Å². The summed E-state index contributed by atoms with van der Waals surface area (Å²) in [5.74, 6) is -0.296. The Bertz CT molecular complexity index is 674. The van der Waals surface area contributed by atoms with Gasteiger partial charge in [0.15, 0.2) is 0 Å². The third kappa shape index (κ3) is 4.71. The van der Waals surface area contributed by atoms with E-state index >= 15 is 0 Å². The van der Waals surface area contributed by atoms with Crippen molar-refractivity contribution in [3.05, 3.63) is 71.0 Å². The fourth-order valence-electron chi connectivity index (χ4n) is 2.13. The molecule has 3 nitrogen and oxygen atoms in total. The molecule has 2 rings (SSSR count). The first kappa shape index (κ1) is 15.7. The van der Waals surface area contributed by atoms with E-state index in [2.05, 4.69) is 11.4 Å². The summed E-state index contributed by atoms with van der Waals surface area (Å²) in [5.41, 5.74) is 2.23. The van der Waals surface area contributed by atoms with E-state index < -0.39 is 0 Å². The number of carbonyl (C=O) groups is 1. The number of nitrogens with one attached hydrogen (secondary N) is 1. The van der Waals surface area contributed by atoms with Gasteiger partial charge in [-0.1, -0.05) is 30.3 Å². The molecule has 0 atom stereocenters. The summed E-state index contributed by atoms with van der Waals surface area (Å²) in [5, 5.41) is 11.5. The molecule has 0 bridgehead atoms. The zero-order valence-corrected chi connectivity index (χ0v) is 12.2. The second kappa shape index (κ2) is 7.94. The monoisotopic (exact) mass is 296 g/mol. The van der Waals surface area contributed by atoms with Crippen LogP contribution in [-0.4, -0.2) is 12.5 Å². The van der Waals surface area contributed by atoms with Crippen LogP contribution in [0.4, 0.5) is 4.39 Å². The molecule has 0 saturated heterocycles. The van der Waals surface area contributed by atoms with Gasteiger partial charge in [0.2, 0.25) is 5.91 Å². The van der Waals surface area contributed by atoms with Gasteiger partial charge in [0.25, 0.3) is 0 Å². The van der Waals surface area contributed by atoms with Gasteiger partial charge in [0.05, 0.1) is 11.6 Å². The van der Waals surface area contributed by atoms with Crippen LogP contribution in [0.1, 0.15) is 23.1 Å². The number of benzene rings is 2. The molecule has 0 spiro atoms. The maximum atomic E-state index is 13.4. The average Bonchev–Trinajstić information content (AvgIpc) is 2.55. The summed E-state index contributed by atoms with van der Waals surface area (Å²) in [6.07, 6.45) is 1.48. The van der Waals surface area contributed by atoms with Gasteiger partial charge >= 0.3 is 0 Å². The van der Waals surface area contributed by atoms with Crippen molar-refractivity contribution in [3.63, 3.8) is 0 Å². The summed E-state index contributed by atoms with van der Waals surface area (Å²) in [4.78, 5) is 11.8. The molecule has 0 aliphatic heterocycles. The first-order valence-electron chi connectivity index (χ1n) is 7.18. The van der Waals surface area contributed by atoms with E-state index in [1.54, 1.807) is 30.3 Å². The molecule has 4 heteroatoms. The van der Waals surface area contributed by atoms with Crippen LogP contribution in [0.3, 0.4) is 0 Å². The fourth-order valence-corrected chi connectivity index (χ4v) is 2.13. The molecule has 1 N–H and O–H groups in total. The molecule has 2 aromatic rings. The highest BCUT2D eigenvalue weighted by molar-refractivity contribution is 5.76. The molecule has 112 valence electrons. The summed E-state index contributed by atoms with van der Waals surface area (Å²) < 4.78 is 13.4. The van der Waals surface area contributed by atoms with E-state index in [-0.39, 0.29) is 11.7 Å². The van der Waals surface area contributed by atoms with Crippen LogP contribution >= 0.6 is 0 Å². The lowest BCUT2D eigenvalue weighted by molar-refractivity contribution is -0.121. The third-order valence-electron chi connectivity index (χ3n) is 3.40. The molecule has 2 aromatic carbocycles. The Kier molecular flexibility index (Phi) is 5.67. The van der Waals surface area contributed by atoms with Crippen molar-refractivity contribution in [1.29, 1.82) is 5.26 Å². The minimum atomic E-state index is -0.241. The first-order valence-corrected chi connectivity index (χ1v) is 7.18. The van der Waals surface area contributed by atoms with Crippen molar-refractivity contribution in [2.45, 2.75) is 19.3 Å². The minimum absolute atomic E-state index is 0.0549. The van der Waals surface area contributed by atoms with Crippen molar-refractivity contribution in [2.75, 3.05) is 6.54 Å². The van der Waals surface area contributed by atoms with Crippen LogP contribution in [0.2, 0.25) is 0 Å². The molecular formula is C18H17FN2O. The van der Waals surface area contributed by atoms with Crippen molar-refractivity contribution in [2.24, 2.45) is 0 Å². The lowest BCUT2D eigenvalue weighted by Crippen LogP contribution is -2.26. The van der Waals surface area contributed by atoms with Crippen LogP contribution in [0.15, 0.2) is 48.5 Å². The van der Waals surface area contributed by atoms with Crippen LogP contribution in [0.5, 0.6) is 0 Å². The molecular weight excluding hydrogens is 279 g/mol. The van der Waals surface area contributed by atoms with E-state index in [1.807, 2.05) is 12.1 Å². The van der Waals surface area contributed by atoms with Crippen LogP contribution in [-0.2, 0) is 17.6 Å². The van der Waals surface area contributed by atoms with Gasteiger partial charge in [-0.15, -0.1) is 0 Å². The van der Waals surface area contributed by atoms with E-state index in [0.717, 1.165) is 5.56 Å². The molecule has 0 saturated carbocycles. The first-order chi connectivity index (χ1) is 10.7. The molecule has 0 fully saturated rings. The highest BCUT2D eigenvalue weighted by Crippen LogP contribution is 2.07. The minimum Gasteiger partial charge on any atom is -0.356 e. The van der Waals surface area contributed by atoms with E-state index in [1.165, 1.54) is 6.07 Å². The van der Waals surface area contributed by atoms with E-state index in [0.29, 0.717) is 36.9 Å². The Morgan fingerprint density at radius 1 is 1.09 bits per heavy atom. The number of nitrogens with zero attached hydrogens (tertiary/aromatic N) is 1. The van der Waals surface area contributed by atoms with Gasteiger partial charge in [0, 0.05) is 13.0 Å². The van der Waals surface area contributed by atoms with E-state index in [4.69, 9.17) is 5.26 Å². The predicted molar refractivity (Wildman–Crippen MR) is 82.6 cm³/mol. The number of carbonyl (C=O) groups excluding carboxylic acids is 1. The summed E-state index contributed by atoms with van der Waals surface area (Å²) in [7, 11) is 0. The highest BCUT2D eigenvalue weighted by Gasteiger charge is 2.04. The van der Waals surface area contributed by atoms with Gasteiger partial charge < -0.3 is 5.32 Å². The van der Waals surface area contributed by atoms with Crippen molar-refractivity contribution in [3.8, 4) is 6.07 Å². The third-order valence-corrected chi connectivity index (χ3v) is 3.40. The molecule has 0 radical (unpaired) electrons. The number of nitriles is 1. The number of aryl methyl sites for hydroxylation is 1. The molecule has 0 aliphatic rings. The number of halogens is 1. The van der Waals surface area contributed by atoms with Crippen molar-refractivity contribution >= 4 is 5.91 Å². The van der Waals surface area contributed by atoms with Crippen molar-refractivity contribution in [1.82, 2.24) is 5.32 Å². The maximum absolute atomic E-state index is 13.4. The Morgan fingerprint density at radius 2 is 1.82 bits per heavy atom. The normalized spacial score (nSPS) is 10.0. The number of amides is 1. The largest absolute Gasteiger partial charge is 0.356 e. The molecule has 22 heavy (non-hydrogen) atoms. The van der Waals surface area contributed by atoms with Crippen LogP contribution in [0.25, 0.3) is 0 Å². The van der Waals surface area contributed by atoms with Crippen LogP contribution < -0.4 is 5.32 Å². The topological polar surface area (TPSA) is 52.9 Å². The number of hydrogen-bond acceptors (Lipinski definition) is 2. The Balaban J connectivity index is 1.72. The van der Waals surface area contributed by atoms with Gasteiger partial charge in [0.1, 0.15) is 5.82 Å². The zero-order valence-electron chi connectivity index (χ0n) is 12.2. The molecule has 0 unspecified atom stereocenters. The molecule has 0 aromatic heterocycles. The molecule has 1 amide bonds. The Morgan fingerprint density at radius 3 is 2.50 bits per heavy atom. The Hall–Kier alpha value is -2.67. The second-order valence-corrected chi connectivity index (χ2v) is 5.00. The number of hydrogen-bond donors (Lipinski definition) is 1. The maximum Gasteiger partial charge on any atom is 0.220 e. The van der Waals surface area contributed by atoms with Gasteiger partial charge in [-0.25, -0.2) is 4.39 Å². The lowest BCUT2D eigenvalue weighted by Gasteiger charge is -2.06. The summed E-state index contributed by atoms with van der Waals surface area (Å²) >= 11 is 0. The number of rotatable bonds is 6. The SMILES string of the molecule is N#Cc1ccc(CCC(=O)NCCc2ccccc2F)cc1. The van der Waals surface area contributed by atoms with Crippen LogP contribution in [0, 0.1) is 17.1 Å². The fraction of sp³-hybridized carbons (Fsp3) is 0.222. The zero-order chi connectivity index (χ0) is 15.8. The summed E-state index contributed by atoms with van der Waals surface area (Å²) in [6.45, 7) is 0.424. The van der Waals surface area contributed by atoms with Gasteiger partial charge in [-0.2, -0.15) is 5.26 Å². The highest BCUT2D eigenvalue weighted by atomic mass is 19.1. The van der Waals surface area contributed by atoms with Crippen molar-refractivity contribution < 1.29 is 9.18 Å². The quantitative estimate of drug-likeness (QED) is 0.891. The smallest absolute Gasteiger partial charge is 0.220 e. The van der Waals surface area contributed by atoms with E-state index in [9.17, 15) is 9.18 Å². The standard InChI is InChI=1S/C18H17FN2O/c19-17-4-2-1-3-16(17)11-12-21-18(22)10-9-14-5-7-15(13-20)8-6-14/h1-8H,9-12H2,(H,21,22).